The summed E-state index contributed by atoms with van der Waals surface area (Å²) in [5.74, 6) is 0.732. The fourth-order valence-corrected chi connectivity index (χ4v) is 2.89. The molecule has 0 aliphatic carbocycles. The number of nitrogens with one attached hydrogen (secondary N) is 1. The Hall–Kier alpha value is -0.870. The monoisotopic (exact) mass is 264 g/mol. The second kappa shape index (κ2) is 7.06. The van der Waals surface area contributed by atoms with Crippen LogP contribution in [-0.2, 0) is 13.5 Å². The van der Waals surface area contributed by atoms with Gasteiger partial charge in [-0.1, -0.05) is 13.8 Å². The van der Waals surface area contributed by atoms with Crippen LogP contribution in [-0.4, -0.2) is 46.9 Å². The van der Waals surface area contributed by atoms with Crippen LogP contribution in [0.15, 0.2) is 12.4 Å². The average Bonchev–Trinajstić information content (AvgIpc) is 2.97. The molecule has 2 heterocycles. The fraction of sp³-hybridized carbons (Fsp3) is 0.800. The van der Waals surface area contributed by atoms with Crippen LogP contribution in [0.25, 0.3) is 0 Å². The molecule has 0 saturated carbocycles. The molecule has 1 atom stereocenters. The van der Waals surface area contributed by atoms with E-state index in [2.05, 4.69) is 35.4 Å². The van der Waals surface area contributed by atoms with Crippen molar-refractivity contribution in [1.29, 1.82) is 0 Å². The number of aryl methyl sites for hydroxylation is 1. The molecule has 4 nitrogen and oxygen atoms in total. The van der Waals surface area contributed by atoms with Crippen LogP contribution < -0.4 is 5.32 Å². The minimum Gasteiger partial charge on any atom is -0.313 e. The van der Waals surface area contributed by atoms with Gasteiger partial charge in [0.2, 0.25) is 0 Å². The van der Waals surface area contributed by atoms with Gasteiger partial charge in [-0.15, -0.1) is 0 Å². The Morgan fingerprint density at radius 2 is 2.37 bits per heavy atom. The molecule has 1 aliphatic rings. The molecule has 0 radical (unpaired) electrons. The Morgan fingerprint density at radius 3 is 2.95 bits per heavy atom. The molecular formula is C15H28N4. The molecule has 1 aromatic rings. The first-order chi connectivity index (χ1) is 9.13. The maximum absolute atomic E-state index is 4.24. The van der Waals surface area contributed by atoms with Gasteiger partial charge in [-0.3, -0.25) is 4.68 Å². The summed E-state index contributed by atoms with van der Waals surface area (Å²) in [5.41, 5.74) is 1.34. The number of hydrogen-bond donors (Lipinski definition) is 1. The molecule has 0 bridgehead atoms. The largest absolute Gasteiger partial charge is 0.313 e. The zero-order chi connectivity index (χ0) is 13.7. The summed E-state index contributed by atoms with van der Waals surface area (Å²) in [6.45, 7) is 9.33. The molecule has 0 amide bonds. The van der Waals surface area contributed by atoms with Gasteiger partial charge in [0.05, 0.1) is 6.20 Å². The third-order valence-corrected chi connectivity index (χ3v) is 3.74. The Bertz CT molecular complexity index is 366. The molecular weight excluding hydrogens is 236 g/mol. The molecule has 1 saturated heterocycles. The van der Waals surface area contributed by atoms with E-state index in [1.165, 1.54) is 38.0 Å². The molecule has 1 aliphatic heterocycles. The van der Waals surface area contributed by atoms with Crippen LogP contribution in [0.3, 0.4) is 0 Å². The zero-order valence-electron chi connectivity index (χ0n) is 12.6. The van der Waals surface area contributed by atoms with Crippen molar-refractivity contribution in [2.75, 3.05) is 26.2 Å². The summed E-state index contributed by atoms with van der Waals surface area (Å²) >= 11 is 0. The molecule has 1 aromatic heterocycles. The molecule has 0 spiro atoms. The third kappa shape index (κ3) is 4.96. The molecule has 2 rings (SSSR count). The van der Waals surface area contributed by atoms with Crippen molar-refractivity contribution >= 4 is 0 Å². The first-order valence-corrected chi connectivity index (χ1v) is 7.56. The molecule has 108 valence electrons. The average molecular weight is 264 g/mol. The van der Waals surface area contributed by atoms with E-state index in [0.29, 0.717) is 6.04 Å². The summed E-state index contributed by atoms with van der Waals surface area (Å²) < 4.78 is 1.89. The minimum atomic E-state index is 0.702. The molecule has 0 aromatic carbocycles. The summed E-state index contributed by atoms with van der Waals surface area (Å²) in [4.78, 5) is 2.61. The van der Waals surface area contributed by atoms with E-state index < -0.39 is 0 Å². The van der Waals surface area contributed by atoms with Gasteiger partial charge in [-0.2, -0.15) is 5.10 Å². The maximum Gasteiger partial charge on any atom is 0.0522 e. The number of rotatable bonds is 7. The van der Waals surface area contributed by atoms with Crippen molar-refractivity contribution in [3.63, 3.8) is 0 Å². The Labute approximate surface area is 117 Å². The van der Waals surface area contributed by atoms with Crippen LogP contribution >= 0.6 is 0 Å². The van der Waals surface area contributed by atoms with Gasteiger partial charge in [0, 0.05) is 38.9 Å². The van der Waals surface area contributed by atoms with Crippen molar-refractivity contribution in [3.8, 4) is 0 Å². The highest BCUT2D eigenvalue weighted by atomic mass is 15.2. The smallest absolute Gasteiger partial charge is 0.0522 e. The van der Waals surface area contributed by atoms with E-state index in [0.717, 1.165) is 18.9 Å². The number of nitrogens with zero attached hydrogens (tertiary/aromatic N) is 3. The predicted molar refractivity (Wildman–Crippen MR) is 79.2 cm³/mol. The zero-order valence-corrected chi connectivity index (χ0v) is 12.6. The van der Waals surface area contributed by atoms with Crippen molar-refractivity contribution < 1.29 is 0 Å². The van der Waals surface area contributed by atoms with Crippen molar-refractivity contribution in [1.82, 2.24) is 20.0 Å². The normalized spacial score (nSPS) is 19.7. The van der Waals surface area contributed by atoms with Crippen LogP contribution in [0.4, 0.5) is 0 Å². The van der Waals surface area contributed by atoms with Gasteiger partial charge in [0.1, 0.15) is 0 Å². The van der Waals surface area contributed by atoms with Gasteiger partial charge in [-0.25, -0.2) is 0 Å². The van der Waals surface area contributed by atoms with E-state index in [-0.39, 0.29) is 0 Å². The maximum atomic E-state index is 4.24. The van der Waals surface area contributed by atoms with Gasteiger partial charge in [0.15, 0.2) is 0 Å². The Morgan fingerprint density at radius 1 is 1.53 bits per heavy atom. The third-order valence-electron chi connectivity index (χ3n) is 3.74. The quantitative estimate of drug-likeness (QED) is 0.813. The van der Waals surface area contributed by atoms with Crippen molar-refractivity contribution in [3.05, 3.63) is 18.0 Å². The lowest BCUT2D eigenvalue weighted by molar-refractivity contribution is 0.226. The van der Waals surface area contributed by atoms with Crippen LogP contribution in [0.2, 0.25) is 0 Å². The fourth-order valence-electron chi connectivity index (χ4n) is 2.89. The van der Waals surface area contributed by atoms with E-state index in [9.17, 15) is 0 Å². The van der Waals surface area contributed by atoms with Crippen molar-refractivity contribution in [2.24, 2.45) is 13.0 Å². The first kappa shape index (κ1) is 14.5. The second-order valence-corrected chi connectivity index (χ2v) is 6.22. The summed E-state index contributed by atoms with van der Waals surface area (Å²) in [6.07, 6.45) is 7.89. The van der Waals surface area contributed by atoms with Crippen LogP contribution in [0.1, 0.15) is 32.3 Å². The Balaban J connectivity index is 1.82. The lowest BCUT2D eigenvalue weighted by atomic mass is 10.1. The van der Waals surface area contributed by atoms with Crippen LogP contribution in [0.5, 0.6) is 0 Å². The van der Waals surface area contributed by atoms with Crippen LogP contribution in [0, 0.1) is 5.92 Å². The molecule has 1 N–H and O–H groups in total. The van der Waals surface area contributed by atoms with E-state index in [1.54, 1.807) is 0 Å². The summed E-state index contributed by atoms with van der Waals surface area (Å²) in [5, 5.41) is 7.85. The molecule has 4 heteroatoms. The highest BCUT2D eigenvalue weighted by Crippen LogP contribution is 2.10. The minimum absolute atomic E-state index is 0.702. The van der Waals surface area contributed by atoms with Gasteiger partial charge < -0.3 is 10.2 Å². The van der Waals surface area contributed by atoms with E-state index in [4.69, 9.17) is 0 Å². The topological polar surface area (TPSA) is 33.1 Å². The highest BCUT2D eigenvalue weighted by Gasteiger charge is 2.18. The highest BCUT2D eigenvalue weighted by molar-refractivity contribution is 5.04. The summed E-state index contributed by atoms with van der Waals surface area (Å²) in [6, 6.07) is 0.702. The van der Waals surface area contributed by atoms with Crippen molar-refractivity contribution in [2.45, 2.75) is 39.2 Å². The molecule has 1 unspecified atom stereocenters. The number of aromatic nitrogens is 2. The van der Waals surface area contributed by atoms with E-state index in [1.807, 2.05) is 17.9 Å². The SMILES string of the molecule is CC(C)CN(CCc1cnn(C)c1)CC1CCCN1. The number of hydrogen-bond acceptors (Lipinski definition) is 3. The summed E-state index contributed by atoms with van der Waals surface area (Å²) in [7, 11) is 1.98. The lowest BCUT2D eigenvalue weighted by Crippen LogP contribution is -2.40. The predicted octanol–water partition coefficient (Wildman–Crippen LogP) is 1.67. The lowest BCUT2D eigenvalue weighted by Gasteiger charge is -2.27. The van der Waals surface area contributed by atoms with Gasteiger partial charge >= 0.3 is 0 Å². The standard InChI is InChI=1S/C15H28N4/c1-13(2)10-19(12-15-5-4-7-16-15)8-6-14-9-17-18(3)11-14/h9,11,13,15-16H,4-8,10,12H2,1-3H3. The molecule has 1 fully saturated rings. The molecule has 19 heavy (non-hydrogen) atoms. The second-order valence-electron chi connectivity index (χ2n) is 6.22. The van der Waals surface area contributed by atoms with Gasteiger partial charge in [-0.05, 0) is 37.3 Å². The van der Waals surface area contributed by atoms with Gasteiger partial charge in [0.25, 0.3) is 0 Å². The Kier molecular flexibility index (Phi) is 5.40. The van der Waals surface area contributed by atoms with E-state index >= 15 is 0 Å². The first-order valence-electron chi connectivity index (χ1n) is 7.56.